The van der Waals surface area contributed by atoms with Crippen LogP contribution in [0.2, 0.25) is 0 Å². The van der Waals surface area contributed by atoms with Crippen LogP contribution in [-0.2, 0) is 0 Å². The molecule has 0 heterocycles. The summed E-state index contributed by atoms with van der Waals surface area (Å²) in [6.07, 6.45) is -7.30. The van der Waals surface area contributed by atoms with Gasteiger partial charge in [0.15, 0.2) is 6.10 Å². The Morgan fingerprint density at radius 3 is 2.53 bits per heavy atom. The molecule has 1 unspecified atom stereocenters. The lowest BCUT2D eigenvalue weighted by atomic mass is 10.3. The maximum absolute atomic E-state index is 12.6. The van der Waals surface area contributed by atoms with Crippen molar-refractivity contribution in [3.63, 3.8) is 0 Å². The Labute approximate surface area is 83.1 Å². The van der Waals surface area contributed by atoms with Gasteiger partial charge in [-0.15, -0.1) is 0 Å². The van der Waals surface area contributed by atoms with Crippen LogP contribution in [0.25, 0.3) is 0 Å². The molecule has 0 aliphatic rings. The third-order valence-corrected chi connectivity index (χ3v) is 1.58. The minimum Gasteiger partial charge on any atom is -0.490 e. The zero-order valence-electron chi connectivity index (χ0n) is 7.46. The molecular weight excluding hydrogens is 216 g/mol. The fourth-order valence-corrected chi connectivity index (χ4v) is 0.826. The lowest BCUT2D eigenvalue weighted by Gasteiger charge is -2.15. The van der Waals surface area contributed by atoms with E-state index in [0.29, 0.717) is 0 Å². The lowest BCUT2D eigenvalue weighted by Crippen LogP contribution is -2.34. The molecule has 1 aromatic carbocycles. The Kier molecular flexibility index (Phi) is 3.52. The van der Waals surface area contributed by atoms with Gasteiger partial charge in [-0.2, -0.15) is 13.2 Å². The average molecular weight is 224 g/mol. The van der Waals surface area contributed by atoms with Gasteiger partial charge in [-0.05, 0) is 12.1 Å². The van der Waals surface area contributed by atoms with Gasteiger partial charge in [-0.3, -0.25) is 0 Å². The SMILES string of the molecule is OC(COc1cccc(F)c1)C(F)(F)F. The van der Waals surface area contributed by atoms with E-state index in [1.54, 1.807) is 0 Å². The number of aliphatic hydroxyl groups excluding tert-OH is 1. The van der Waals surface area contributed by atoms with Gasteiger partial charge in [0.2, 0.25) is 0 Å². The second-order valence-electron chi connectivity index (χ2n) is 2.83. The first-order valence-corrected chi connectivity index (χ1v) is 4.03. The first-order valence-electron chi connectivity index (χ1n) is 4.03. The van der Waals surface area contributed by atoms with Crippen LogP contribution >= 0.6 is 0 Å². The summed E-state index contributed by atoms with van der Waals surface area (Å²) in [5.74, 6) is -0.674. The topological polar surface area (TPSA) is 29.5 Å². The fraction of sp³-hybridized carbons (Fsp3) is 0.333. The second-order valence-corrected chi connectivity index (χ2v) is 2.83. The van der Waals surface area contributed by atoms with Crippen LogP contribution in [0, 0.1) is 5.82 Å². The monoisotopic (exact) mass is 224 g/mol. The van der Waals surface area contributed by atoms with E-state index >= 15 is 0 Å². The summed E-state index contributed by atoms with van der Waals surface area (Å²) in [4.78, 5) is 0. The molecule has 1 rings (SSSR count). The van der Waals surface area contributed by atoms with Gasteiger partial charge in [0.25, 0.3) is 0 Å². The number of benzene rings is 1. The number of halogens is 4. The molecule has 6 heteroatoms. The number of alkyl halides is 3. The summed E-state index contributed by atoms with van der Waals surface area (Å²) < 4.78 is 52.6. The molecule has 2 nitrogen and oxygen atoms in total. The molecule has 84 valence electrons. The quantitative estimate of drug-likeness (QED) is 0.797. The minimum absolute atomic E-state index is 0.0571. The Hall–Kier alpha value is -1.30. The Morgan fingerprint density at radius 2 is 2.00 bits per heavy atom. The Morgan fingerprint density at radius 1 is 1.33 bits per heavy atom. The number of hydrogen-bond donors (Lipinski definition) is 1. The number of hydrogen-bond acceptors (Lipinski definition) is 2. The van der Waals surface area contributed by atoms with Crippen molar-refractivity contribution >= 4 is 0 Å². The van der Waals surface area contributed by atoms with Crippen molar-refractivity contribution in [3.8, 4) is 5.75 Å². The van der Waals surface area contributed by atoms with Crippen molar-refractivity contribution in [3.05, 3.63) is 30.1 Å². The van der Waals surface area contributed by atoms with Crippen LogP contribution in [0.3, 0.4) is 0 Å². The first-order chi connectivity index (χ1) is 6.89. The Bertz CT molecular complexity index is 324. The maximum atomic E-state index is 12.6. The van der Waals surface area contributed by atoms with E-state index in [4.69, 9.17) is 5.11 Å². The average Bonchev–Trinajstić information content (AvgIpc) is 2.12. The zero-order chi connectivity index (χ0) is 11.5. The smallest absolute Gasteiger partial charge is 0.417 e. The predicted octanol–water partition coefficient (Wildman–Crippen LogP) is 2.13. The summed E-state index contributed by atoms with van der Waals surface area (Å²) in [7, 11) is 0. The van der Waals surface area contributed by atoms with E-state index < -0.39 is 24.7 Å². The molecule has 0 saturated heterocycles. The van der Waals surface area contributed by atoms with Crippen molar-refractivity contribution in [1.29, 1.82) is 0 Å². The van der Waals surface area contributed by atoms with Crippen molar-refractivity contribution in [2.45, 2.75) is 12.3 Å². The zero-order valence-corrected chi connectivity index (χ0v) is 7.46. The van der Waals surface area contributed by atoms with Crippen LogP contribution in [0.5, 0.6) is 5.75 Å². The first kappa shape index (κ1) is 11.8. The highest BCUT2D eigenvalue weighted by Crippen LogP contribution is 2.21. The highest BCUT2D eigenvalue weighted by Gasteiger charge is 2.38. The van der Waals surface area contributed by atoms with Gasteiger partial charge < -0.3 is 9.84 Å². The largest absolute Gasteiger partial charge is 0.490 e. The van der Waals surface area contributed by atoms with E-state index in [9.17, 15) is 17.6 Å². The van der Waals surface area contributed by atoms with Gasteiger partial charge in [0.1, 0.15) is 18.2 Å². The highest BCUT2D eigenvalue weighted by atomic mass is 19.4. The van der Waals surface area contributed by atoms with E-state index in [1.165, 1.54) is 12.1 Å². The van der Waals surface area contributed by atoms with Crippen molar-refractivity contribution < 1.29 is 27.4 Å². The molecule has 0 fully saturated rings. The van der Waals surface area contributed by atoms with Gasteiger partial charge in [0.05, 0.1) is 0 Å². The van der Waals surface area contributed by atoms with Crippen molar-refractivity contribution in [1.82, 2.24) is 0 Å². The van der Waals surface area contributed by atoms with Crippen LogP contribution in [0.15, 0.2) is 24.3 Å². The van der Waals surface area contributed by atoms with Gasteiger partial charge in [-0.25, -0.2) is 4.39 Å². The molecule has 1 N–H and O–H groups in total. The summed E-state index contributed by atoms with van der Waals surface area (Å²) in [6.45, 7) is -0.951. The van der Waals surface area contributed by atoms with Crippen LogP contribution < -0.4 is 4.74 Å². The molecule has 15 heavy (non-hydrogen) atoms. The maximum Gasteiger partial charge on any atom is 0.417 e. The molecule has 0 saturated carbocycles. The molecule has 1 aromatic rings. The number of aliphatic hydroxyl groups is 1. The lowest BCUT2D eigenvalue weighted by molar-refractivity contribution is -0.210. The summed E-state index contributed by atoms with van der Waals surface area (Å²) in [6, 6.07) is 4.66. The van der Waals surface area contributed by atoms with E-state index in [-0.39, 0.29) is 5.75 Å². The normalized spacial score (nSPS) is 13.7. The number of rotatable bonds is 3. The highest BCUT2D eigenvalue weighted by molar-refractivity contribution is 5.22. The predicted molar refractivity (Wildman–Crippen MR) is 44.0 cm³/mol. The molecular formula is C9H8F4O2. The van der Waals surface area contributed by atoms with Gasteiger partial charge in [-0.1, -0.05) is 6.07 Å². The van der Waals surface area contributed by atoms with Crippen molar-refractivity contribution in [2.75, 3.05) is 6.61 Å². The van der Waals surface area contributed by atoms with E-state index in [0.717, 1.165) is 12.1 Å². The standard InChI is InChI=1S/C9H8F4O2/c10-6-2-1-3-7(4-6)15-5-8(14)9(11,12)13/h1-4,8,14H,5H2. The van der Waals surface area contributed by atoms with Crippen molar-refractivity contribution in [2.24, 2.45) is 0 Å². The molecule has 0 bridgehead atoms. The summed E-state index contributed by atoms with van der Waals surface area (Å²) in [5.41, 5.74) is 0. The molecule has 0 amide bonds. The van der Waals surface area contributed by atoms with E-state index in [2.05, 4.69) is 4.74 Å². The number of ether oxygens (including phenoxy) is 1. The summed E-state index contributed by atoms with van der Waals surface area (Å²) >= 11 is 0. The molecule has 0 spiro atoms. The third-order valence-electron chi connectivity index (χ3n) is 1.58. The second kappa shape index (κ2) is 4.48. The molecule has 0 aliphatic carbocycles. The molecule has 0 aliphatic heterocycles. The third kappa shape index (κ3) is 3.75. The van der Waals surface area contributed by atoms with Crippen LogP contribution in [0.1, 0.15) is 0 Å². The Balaban J connectivity index is 2.51. The summed E-state index contributed by atoms with van der Waals surface area (Å²) in [5, 5.41) is 8.57. The fourth-order valence-electron chi connectivity index (χ4n) is 0.826. The van der Waals surface area contributed by atoms with Crippen LogP contribution in [0.4, 0.5) is 17.6 Å². The van der Waals surface area contributed by atoms with Gasteiger partial charge in [0, 0.05) is 6.07 Å². The molecule has 1 atom stereocenters. The molecule has 0 radical (unpaired) electrons. The van der Waals surface area contributed by atoms with Gasteiger partial charge >= 0.3 is 6.18 Å². The van der Waals surface area contributed by atoms with Crippen LogP contribution in [-0.4, -0.2) is 24.0 Å². The minimum atomic E-state index is -4.73. The molecule has 0 aromatic heterocycles. The van der Waals surface area contributed by atoms with E-state index in [1.807, 2.05) is 0 Å².